The highest BCUT2D eigenvalue weighted by molar-refractivity contribution is 5.94. The van der Waals surface area contributed by atoms with Crippen LogP contribution in [0.1, 0.15) is 21.6 Å². The molecule has 0 atom stereocenters. The van der Waals surface area contributed by atoms with E-state index in [1.54, 1.807) is 12.1 Å². The molecule has 2 rings (SSSR count). The summed E-state index contributed by atoms with van der Waals surface area (Å²) in [4.78, 5) is 26.5. The summed E-state index contributed by atoms with van der Waals surface area (Å²) in [5.74, 6) is -0.0385. The van der Waals surface area contributed by atoms with E-state index in [1.165, 1.54) is 6.20 Å². The van der Waals surface area contributed by atoms with Crippen molar-refractivity contribution in [1.29, 1.82) is 0 Å². The predicted octanol–water partition coefficient (Wildman–Crippen LogP) is 1.97. The molecule has 1 heterocycles. The van der Waals surface area contributed by atoms with Crippen molar-refractivity contribution in [3.05, 3.63) is 59.4 Å². The molecule has 0 spiro atoms. The zero-order chi connectivity index (χ0) is 17.4. The number of ether oxygens (including phenoxy) is 1. The van der Waals surface area contributed by atoms with Gasteiger partial charge in [0.05, 0.1) is 0 Å². The Morgan fingerprint density at radius 1 is 1.12 bits per heavy atom. The third-order valence-electron chi connectivity index (χ3n) is 3.19. The largest absolute Gasteiger partial charge is 0.486 e. The quantitative estimate of drug-likeness (QED) is 0.674. The zero-order valence-corrected chi connectivity index (χ0v) is 13.3. The molecule has 7 nitrogen and oxygen atoms in total. The fourth-order valence-electron chi connectivity index (χ4n) is 1.95. The van der Waals surface area contributed by atoms with Crippen LogP contribution in [0.3, 0.4) is 0 Å². The van der Waals surface area contributed by atoms with Crippen LogP contribution in [-0.2, 0) is 6.61 Å². The molecule has 2 aromatic rings. The summed E-state index contributed by atoms with van der Waals surface area (Å²) in [5, 5.41) is 13.2. The summed E-state index contributed by atoms with van der Waals surface area (Å²) in [7, 11) is 0. The maximum absolute atomic E-state index is 12.1. The fraction of sp³-hybridized carbons (Fsp3) is 0.235. The van der Waals surface area contributed by atoms with Crippen molar-refractivity contribution in [1.82, 2.24) is 15.6 Å². The van der Waals surface area contributed by atoms with E-state index < -0.39 is 12.0 Å². The molecule has 126 valence electrons. The van der Waals surface area contributed by atoms with E-state index in [9.17, 15) is 9.59 Å². The SMILES string of the molecule is Cc1ccc(COc2cccnc2C(=O)NCCNC(=O)O)cc1. The van der Waals surface area contributed by atoms with Crippen LogP contribution < -0.4 is 15.4 Å². The van der Waals surface area contributed by atoms with E-state index >= 15 is 0 Å². The number of carbonyl (C=O) groups is 2. The monoisotopic (exact) mass is 329 g/mol. The molecular weight excluding hydrogens is 310 g/mol. The van der Waals surface area contributed by atoms with Gasteiger partial charge in [0.1, 0.15) is 6.61 Å². The number of pyridine rings is 1. The van der Waals surface area contributed by atoms with E-state index in [2.05, 4.69) is 15.6 Å². The molecule has 3 N–H and O–H groups in total. The molecule has 0 aliphatic carbocycles. The Balaban J connectivity index is 1.94. The van der Waals surface area contributed by atoms with Gasteiger partial charge in [-0.15, -0.1) is 0 Å². The lowest BCUT2D eigenvalue weighted by molar-refractivity contribution is 0.0943. The summed E-state index contributed by atoms with van der Waals surface area (Å²) in [6.07, 6.45) is 0.368. The number of amides is 2. The highest BCUT2D eigenvalue weighted by atomic mass is 16.5. The molecule has 0 bridgehead atoms. The molecule has 24 heavy (non-hydrogen) atoms. The van der Waals surface area contributed by atoms with Crippen LogP contribution in [0.15, 0.2) is 42.6 Å². The van der Waals surface area contributed by atoms with Gasteiger partial charge in [-0.1, -0.05) is 29.8 Å². The van der Waals surface area contributed by atoms with Gasteiger partial charge in [-0.3, -0.25) is 4.79 Å². The smallest absolute Gasteiger partial charge is 0.404 e. The summed E-state index contributed by atoms with van der Waals surface area (Å²) >= 11 is 0. The number of aryl methyl sites for hydroxylation is 1. The first-order chi connectivity index (χ1) is 11.6. The van der Waals surface area contributed by atoms with Crippen LogP contribution in [0.2, 0.25) is 0 Å². The first-order valence-corrected chi connectivity index (χ1v) is 7.44. The zero-order valence-electron chi connectivity index (χ0n) is 13.3. The minimum Gasteiger partial charge on any atom is -0.486 e. The Bertz CT molecular complexity index is 701. The van der Waals surface area contributed by atoms with Gasteiger partial charge in [-0.25, -0.2) is 9.78 Å². The third-order valence-corrected chi connectivity index (χ3v) is 3.19. The van der Waals surface area contributed by atoms with Crippen LogP contribution in [0.25, 0.3) is 0 Å². The Kier molecular flexibility index (Phi) is 6.13. The van der Waals surface area contributed by atoms with Gasteiger partial charge >= 0.3 is 6.09 Å². The van der Waals surface area contributed by atoms with Crippen LogP contribution in [0.4, 0.5) is 4.79 Å². The van der Waals surface area contributed by atoms with Gasteiger partial charge < -0.3 is 20.5 Å². The molecule has 2 amide bonds. The van der Waals surface area contributed by atoms with Gasteiger partial charge in [-0.2, -0.15) is 0 Å². The molecule has 0 aliphatic rings. The maximum atomic E-state index is 12.1. The van der Waals surface area contributed by atoms with Gasteiger partial charge in [0.15, 0.2) is 11.4 Å². The van der Waals surface area contributed by atoms with Crippen molar-refractivity contribution < 1.29 is 19.4 Å². The second kappa shape index (κ2) is 8.52. The van der Waals surface area contributed by atoms with Crippen LogP contribution in [-0.4, -0.2) is 35.2 Å². The molecule has 0 saturated carbocycles. The third kappa shape index (κ3) is 5.28. The number of aromatic nitrogens is 1. The maximum Gasteiger partial charge on any atom is 0.404 e. The van der Waals surface area contributed by atoms with Gasteiger partial charge in [-0.05, 0) is 24.6 Å². The van der Waals surface area contributed by atoms with Crippen molar-refractivity contribution in [2.24, 2.45) is 0 Å². The fourth-order valence-corrected chi connectivity index (χ4v) is 1.95. The molecule has 0 aliphatic heterocycles. The molecule has 1 aromatic heterocycles. The Labute approximate surface area is 139 Å². The van der Waals surface area contributed by atoms with Crippen molar-refractivity contribution in [2.45, 2.75) is 13.5 Å². The second-order valence-electron chi connectivity index (χ2n) is 5.11. The Morgan fingerprint density at radius 2 is 1.83 bits per heavy atom. The number of nitrogens with zero attached hydrogens (tertiary/aromatic N) is 1. The van der Waals surface area contributed by atoms with Crippen LogP contribution in [0, 0.1) is 6.92 Å². The van der Waals surface area contributed by atoms with E-state index in [0.29, 0.717) is 12.4 Å². The van der Waals surface area contributed by atoms with Gasteiger partial charge in [0, 0.05) is 19.3 Å². The van der Waals surface area contributed by atoms with E-state index in [4.69, 9.17) is 9.84 Å². The van der Waals surface area contributed by atoms with E-state index in [-0.39, 0.29) is 18.8 Å². The van der Waals surface area contributed by atoms with Crippen molar-refractivity contribution in [3.8, 4) is 5.75 Å². The van der Waals surface area contributed by atoms with Crippen molar-refractivity contribution >= 4 is 12.0 Å². The number of rotatable bonds is 7. The number of nitrogens with one attached hydrogen (secondary N) is 2. The lowest BCUT2D eigenvalue weighted by Gasteiger charge is -2.11. The van der Waals surface area contributed by atoms with Crippen LogP contribution in [0.5, 0.6) is 5.75 Å². The lowest BCUT2D eigenvalue weighted by atomic mass is 10.2. The minimum absolute atomic E-state index is 0.119. The number of hydrogen-bond acceptors (Lipinski definition) is 4. The molecule has 7 heteroatoms. The van der Waals surface area contributed by atoms with Gasteiger partial charge in [0.2, 0.25) is 0 Å². The topological polar surface area (TPSA) is 101 Å². The highest BCUT2D eigenvalue weighted by Gasteiger charge is 2.13. The number of carboxylic acid groups (broad SMARTS) is 1. The average Bonchev–Trinajstić information content (AvgIpc) is 2.58. The van der Waals surface area contributed by atoms with E-state index in [1.807, 2.05) is 31.2 Å². The summed E-state index contributed by atoms with van der Waals surface area (Å²) in [6.45, 7) is 2.62. The number of benzene rings is 1. The van der Waals surface area contributed by atoms with Crippen LogP contribution >= 0.6 is 0 Å². The Hall–Kier alpha value is -3.09. The minimum atomic E-state index is -1.13. The molecule has 1 aromatic carbocycles. The second-order valence-corrected chi connectivity index (χ2v) is 5.11. The summed E-state index contributed by atoms with van der Waals surface area (Å²) in [5.41, 5.74) is 2.32. The highest BCUT2D eigenvalue weighted by Crippen LogP contribution is 2.17. The van der Waals surface area contributed by atoms with E-state index in [0.717, 1.165) is 11.1 Å². The number of carbonyl (C=O) groups excluding carboxylic acids is 1. The lowest BCUT2D eigenvalue weighted by Crippen LogP contribution is -2.34. The number of hydrogen-bond donors (Lipinski definition) is 3. The standard InChI is InChI=1S/C17H19N3O4/c1-12-4-6-13(7-5-12)11-24-14-3-2-8-18-15(14)16(21)19-9-10-20-17(22)23/h2-8,20H,9-11H2,1H3,(H,19,21)(H,22,23). The average molecular weight is 329 g/mol. The van der Waals surface area contributed by atoms with Gasteiger partial charge in [0.25, 0.3) is 5.91 Å². The van der Waals surface area contributed by atoms with Crippen molar-refractivity contribution in [3.63, 3.8) is 0 Å². The molecule has 0 unspecified atom stereocenters. The molecule has 0 radical (unpaired) electrons. The first kappa shape index (κ1) is 17.3. The molecular formula is C17H19N3O4. The summed E-state index contributed by atoms with van der Waals surface area (Å²) < 4.78 is 5.70. The normalized spacial score (nSPS) is 10.0. The Morgan fingerprint density at radius 3 is 2.54 bits per heavy atom. The van der Waals surface area contributed by atoms with Crippen molar-refractivity contribution in [2.75, 3.05) is 13.1 Å². The first-order valence-electron chi connectivity index (χ1n) is 7.44. The predicted molar refractivity (Wildman–Crippen MR) is 88.1 cm³/mol. The summed E-state index contributed by atoms with van der Waals surface area (Å²) in [6, 6.07) is 11.3. The molecule has 0 fully saturated rings. The molecule has 0 saturated heterocycles.